The lowest BCUT2D eigenvalue weighted by molar-refractivity contribution is -0.192. The molecule has 0 amide bonds. The molecule has 7 nitrogen and oxygen atoms in total. The first-order chi connectivity index (χ1) is 14.9. The third-order valence-corrected chi connectivity index (χ3v) is 6.09. The van der Waals surface area contributed by atoms with E-state index in [4.69, 9.17) is 9.90 Å². The molecule has 0 aliphatic rings. The summed E-state index contributed by atoms with van der Waals surface area (Å²) in [6, 6.07) is 16.2. The molecule has 3 rings (SSSR count). The molecule has 2 aromatic carbocycles. The highest BCUT2D eigenvalue weighted by molar-refractivity contribution is 7.90. The molecule has 0 bridgehead atoms. The number of fused-ring (bicyclic) bond motifs is 1. The largest absolute Gasteiger partial charge is 0.490 e. The zero-order valence-electron chi connectivity index (χ0n) is 17.5. The van der Waals surface area contributed by atoms with Crippen LogP contribution < -0.4 is 5.32 Å². The zero-order valence-corrected chi connectivity index (χ0v) is 18.3. The highest BCUT2D eigenvalue weighted by Crippen LogP contribution is 2.24. The topological polar surface area (TPSA) is 91.6 Å². The Hall–Kier alpha value is -2.89. The van der Waals surface area contributed by atoms with E-state index >= 15 is 0 Å². The van der Waals surface area contributed by atoms with Gasteiger partial charge in [-0.1, -0.05) is 30.3 Å². The average Bonchev–Trinajstić information content (AvgIpc) is 3.17. The monoisotopic (exact) mass is 471 g/mol. The fourth-order valence-corrected chi connectivity index (χ4v) is 4.17. The van der Waals surface area contributed by atoms with E-state index < -0.39 is 22.2 Å². The number of alkyl halides is 3. The zero-order chi connectivity index (χ0) is 23.9. The van der Waals surface area contributed by atoms with Gasteiger partial charge < -0.3 is 15.3 Å². The van der Waals surface area contributed by atoms with Gasteiger partial charge >= 0.3 is 12.1 Å². The van der Waals surface area contributed by atoms with Gasteiger partial charge in [0.25, 0.3) is 10.0 Å². The summed E-state index contributed by atoms with van der Waals surface area (Å²) < 4.78 is 58.9. The minimum Gasteiger partial charge on any atom is -0.475 e. The molecule has 0 unspecified atom stereocenters. The van der Waals surface area contributed by atoms with Gasteiger partial charge in [-0.3, -0.25) is 0 Å². The summed E-state index contributed by atoms with van der Waals surface area (Å²) in [6.07, 6.45) is -3.45. The van der Waals surface area contributed by atoms with Crippen molar-refractivity contribution in [1.82, 2.24) is 14.2 Å². The molecule has 11 heteroatoms. The van der Waals surface area contributed by atoms with Gasteiger partial charge in [0.1, 0.15) is 0 Å². The van der Waals surface area contributed by atoms with E-state index in [1.165, 1.54) is 3.97 Å². The third kappa shape index (κ3) is 6.55. The van der Waals surface area contributed by atoms with Crippen LogP contribution in [0.5, 0.6) is 0 Å². The lowest BCUT2D eigenvalue weighted by atomic mass is 10.1. The minimum absolute atomic E-state index is 0.294. The van der Waals surface area contributed by atoms with Gasteiger partial charge in [-0.05, 0) is 43.9 Å². The van der Waals surface area contributed by atoms with Gasteiger partial charge in [0.15, 0.2) is 0 Å². The van der Waals surface area contributed by atoms with Crippen molar-refractivity contribution >= 4 is 26.9 Å². The molecular formula is C21H24F3N3O4S. The predicted octanol–water partition coefficient (Wildman–Crippen LogP) is 3.16. The maximum atomic E-state index is 12.9. The molecule has 0 radical (unpaired) electrons. The van der Waals surface area contributed by atoms with E-state index in [1.807, 2.05) is 44.4 Å². The van der Waals surface area contributed by atoms with Gasteiger partial charge in [0.2, 0.25) is 0 Å². The first kappa shape index (κ1) is 25.4. The van der Waals surface area contributed by atoms with Gasteiger partial charge in [-0.2, -0.15) is 13.2 Å². The summed E-state index contributed by atoms with van der Waals surface area (Å²) in [7, 11) is 0.491. The number of carboxylic acids is 1. The highest BCUT2D eigenvalue weighted by Gasteiger charge is 2.38. The van der Waals surface area contributed by atoms with E-state index in [1.54, 1.807) is 30.5 Å². The molecule has 0 spiro atoms. The van der Waals surface area contributed by atoms with Crippen molar-refractivity contribution in [2.45, 2.75) is 17.6 Å². The van der Waals surface area contributed by atoms with E-state index in [-0.39, 0.29) is 0 Å². The van der Waals surface area contributed by atoms with Crippen LogP contribution in [0.3, 0.4) is 0 Å². The van der Waals surface area contributed by atoms with E-state index in [2.05, 4.69) is 10.2 Å². The molecule has 174 valence electrons. The first-order valence-electron chi connectivity index (χ1n) is 9.49. The molecular weight excluding hydrogens is 447 g/mol. The number of rotatable bonds is 7. The SMILES string of the molecule is CN(C)CCNCc1cccc2c1ccn2S(=O)(=O)c1ccccc1.O=C(O)C(F)(F)F. The number of likely N-dealkylation sites (N-methyl/N-ethyl adjacent to an activating group) is 1. The molecule has 3 aromatic rings. The number of aromatic nitrogens is 1. The Bertz CT molecular complexity index is 1140. The maximum Gasteiger partial charge on any atom is 0.490 e. The third-order valence-electron chi connectivity index (χ3n) is 4.38. The lowest BCUT2D eigenvalue weighted by Gasteiger charge is -2.11. The number of aliphatic carboxylic acids is 1. The van der Waals surface area contributed by atoms with Crippen LogP contribution in [0.4, 0.5) is 13.2 Å². The van der Waals surface area contributed by atoms with Gasteiger partial charge in [-0.25, -0.2) is 17.2 Å². The van der Waals surface area contributed by atoms with Gasteiger partial charge in [-0.15, -0.1) is 0 Å². The number of carboxylic acid groups (broad SMARTS) is 1. The molecule has 2 N–H and O–H groups in total. The Morgan fingerprint density at radius 3 is 2.25 bits per heavy atom. The summed E-state index contributed by atoms with van der Waals surface area (Å²) in [5, 5.41) is 11.5. The van der Waals surface area contributed by atoms with Crippen molar-refractivity contribution in [1.29, 1.82) is 0 Å². The number of carbonyl (C=O) groups is 1. The lowest BCUT2D eigenvalue weighted by Crippen LogP contribution is -2.26. The van der Waals surface area contributed by atoms with Crippen LogP contribution in [0.25, 0.3) is 10.9 Å². The second-order valence-corrected chi connectivity index (χ2v) is 8.88. The average molecular weight is 472 g/mol. The fourth-order valence-electron chi connectivity index (χ4n) is 2.80. The van der Waals surface area contributed by atoms with Crippen molar-refractivity contribution in [2.24, 2.45) is 0 Å². The first-order valence-corrected chi connectivity index (χ1v) is 10.9. The molecule has 0 aliphatic heterocycles. The van der Waals surface area contributed by atoms with Gasteiger partial charge in [0, 0.05) is 31.2 Å². The summed E-state index contributed by atoms with van der Waals surface area (Å²) >= 11 is 0. The number of halogens is 3. The van der Waals surface area contributed by atoms with Crippen molar-refractivity contribution in [3.05, 3.63) is 66.4 Å². The van der Waals surface area contributed by atoms with Gasteiger partial charge in [0.05, 0.1) is 10.4 Å². The molecule has 1 aromatic heterocycles. The second kappa shape index (κ2) is 10.6. The molecule has 0 fully saturated rings. The Kier molecular flexibility index (Phi) is 8.42. The van der Waals surface area contributed by atoms with Crippen molar-refractivity contribution < 1.29 is 31.5 Å². The van der Waals surface area contributed by atoms with Crippen LogP contribution in [0.2, 0.25) is 0 Å². The number of nitrogens with zero attached hydrogens (tertiary/aromatic N) is 2. The number of nitrogens with one attached hydrogen (secondary N) is 1. The van der Waals surface area contributed by atoms with Crippen LogP contribution in [-0.4, -0.2) is 61.7 Å². The van der Waals surface area contributed by atoms with E-state index in [9.17, 15) is 21.6 Å². The fraction of sp³-hybridized carbons (Fsp3) is 0.286. The van der Waals surface area contributed by atoms with Crippen molar-refractivity contribution in [3.8, 4) is 0 Å². The Morgan fingerprint density at radius 2 is 1.69 bits per heavy atom. The van der Waals surface area contributed by atoms with E-state index in [0.29, 0.717) is 17.0 Å². The Labute approximate surface area is 184 Å². The predicted molar refractivity (Wildman–Crippen MR) is 115 cm³/mol. The Morgan fingerprint density at radius 1 is 1.06 bits per heavy atom. The van der Waals surface area contributed by atoms with Crippen molar-refractivity contribution in [3.63, 3.8) is 0 Å². The summed E-state index contributed by atoms with van der Waals surface area (Å²) in [5.41, 5.74) is 1.80. The highest BCUT2D eigenvalue weighted by atomic mass is 32.2. The van der Waals surface area contributed by atoms with Crippen LogP contribution >= 0.6 is 0 Å². The normalized spacial score (nSPS) is 11.9. The minimum atomic E-state index is -5.08. The standard InChI is InChI=1S/C19H23N3O2S.C2HF3O2/c1-21(2)14-12-20-15-16-7-6-10-19-18(16)11-13-22(19)25(23,24)17-8-4-3-5-9-17;3-2(4,5)1(6)7/h3-11,13,20H,12,14-15H2,1-2H3;(H,6,7). The molecule has 32 heavy (non-hydrogen) atoms. The van der Waals surface area contributed by atoms with Crippen LogP contribution in [0, 0.1) is 0 Å². The maximum absolute atomic E-state index is 12.9. The second-order valence-electron chi connectivity index (χ2n) is 7.06. The molecule has 1 heterocycles. The van der Waals surface area contributed by atoms with Crippen LogP contribution in [0.1, 0.15) is 5.56 Å². The smallest absolute Gasteiger partial charge is 0.475 e. The van der Waals surface area contributed by atoms with Crippen molar-refractivity contribution in [2.75, 3.05) is 27.2 Å². The van der Waals surface area contributed by atoms with Crippen LogP contribution in [0.15, 0.2) is 65.7 Å². The summed E-state index contributed by atoms with van der Waals surface area (Å²) in [6.45, 7) is 2.55. The van der Waals surface area contributed by atoms with Crippen LogP contribution in [-0.2, 0) is 21.4 Å². The number of hydrogen-bond donors (Lipinski definition) is 2. The summed E-state index contributed by atoms with van der Waals surface area (Å²) in [4.78, 5) is 11.3. The number of benzene rings is 2. The molecule has 0 saturated heterocycles. The molecule has 0 saturated carbocycles. The quantitative estimate of drug-likeness (QED) is 0.515. The molecule has 0 aliphatic carbocycles. The summed E-state index contributed by atoms with van der Waals surface area (Å²) in [5.74, 6) is -2.76. The molecule has 0 atom stereocenters. The Balaban J connectivity index is 0.000000451. The van der Waals surface area contributed by atoms with E-state index in [0.717, 1.165) is 24.0 Å². The number of hydrogen-bond acceptors (Lipinski definition) is 5.